The van der Waals surface area contributed by atoms with E-state index in [1.165, 1.54) is 14.0 Å². The number of hydrogen-bond acceptors (Lipinski definition) is 5. The normalized spacial score (nSPS) is 20.2. The van der Waals surface area contributed by atoms with Crippen LogP contribution in [0.5, 0.6) is 0 Å². The van der Waals surface area contributed by atoms with Crippen molar-refractivity contribution < 1.29 is 23.9 Å². The van der Waals surface area contributed by atoms with Gasteiger partial charge in [0.25, 0.3) is 0 Å². The SMILES string of the molecule is CCCC1C(=O)NC(=O)N(C(C)C(=O)NCCOC)C1=O. The molecule has 1 aliphatic heterocycles. The number of nitrogens with zero attached hydrogens (tertiary/aromatic N) is 1. The van der Waals surface area contributed by atoms with Crippen molar-refractivity contribution in [1.29, 1.82) is 0 Å². The number of nitrogens with one attached hydrogen (secondary N) is 2. The average Bonchev–Trinajstić information content (AvgIpc) is 2.43. The average molecular weight is 299 g/mol. The van der Waals surface area contributed by atoms with E-state index < -0.39 is 35.7 Å². The Labute approximate surface area is 123 Å². The zero-order chi connectivity index (χ0) is 16.0. The van der Waals surface area contributed by atoms with Gasteiger partial charge in [0.15, 0.2) is 0 Å². The van der Waals surface area contributed by atoms with Gasteiger partial charge in [-0.2, -0.15) is 0 Å². The van der Waals surface area contributed by atoms with E-state index in [2.05, 4.69) is 10.6 Å². The molecule has 1 fully saturated rings. The van der Waals surface area contributed by atoms with Crippen molar-refractivity contribution in [2.24, 2.45) is 5.92 Å². The molecule has 118 valence electrons. The summed E-state index contributed by atoms with van der Waals surface area (Å²) in [5.74, 6) is -2.61. The molecule has 0 aliphatic carbocycles. The molecule has 0 aromatic heterocycles. The third-order valence-electron chi connectivity index (χ3n) is 3.25. The minimum Gasteiger partial charge on any atom is -0.383 e. The number of ether oxygens (including phenoxy) is 1. The van der Waals surface area contributed by atoms with Crippen LogP contribution in [0.15, 0.2) is 0 Å². The summed E-state index contributed by atoms with van der Waals surface area (Å²) in [6.45, 7) is 3.89. The second-order valence-corrected chi connectivity index (χ2v) is 4.80. The number of rotatable bonds is 7. The highest BCUT2D eigenvalue weighted by atomic mass is 16.5. The number of amides is 5. The predicted molar refractivity (Wildman–Crippen MR) is 73.1 cm³/mol. The van der Waals surface area contributed by atoms with E-state index in [4.69, 9.17) is 4.74 Å². The summed E-state index contributed by atoms with van der Waals surface area (Å²) < 4.78 is 4.80. The highest BCUT2D eigenvalue weighted by Crippen LogP contribution is 2.18. The smallest absolute Gasteiger partial charge is 0.331 e. The first-order valence-corrected chi connectivity index (χ1v) is 6.88. The van der Waals surface area contributed by atoms with Crippen molar-refractivity contribution in [2.45, 2.75) is 32.7 Å². The maximum Gasteiger partial charge on any atom is 0.331 e. The molecule has 0 bridgehead atoms. The lowest BCUT2D eigenvalue weighted by atomic mass is 9.98. The molecule has 21 heavy (non-hydrogen) atoms. The lowest BCUT2D eigenvalue weighted by Gasteiger charge is -2.33. The van der Waals surface area contributed by atoms with Crippen LogP contribution >= 0.6 is 0 Å². The van der Waals surface area contributed by atoms with Gasteiger partial charge in [0.1, 0.15) is 12.0 Å². The van der Waals surface area contributed by atoms with Crippen LogP contribution in [0.25, 0.3) is 0 Å². The van der Waals surface area contributed by atoms with Crippen molar-refractivity contribution in [3.8, 4) is 0 Å². The molecule has 0 aromatic rings. The Morgan fingerprint density at radius 2 is 2.10 bits per heavy atom. The zero-order valence-corrected chi connectivity index (χ0v) is 12.5. The van der Waals surface area contributed by atoms with Gasteiger partial charge in [0, 0.05) is 13.7 Å². The predicted octanol–water partition coefficient (Wildman–Crippen LogP) is -0.368. The molecular formula is C13H21N3O5. The van der Waals surface area contributed by atoms with Crippen LogP contribution in [0.2, 0.25) is 0 Å². The summed E-state index contributed by atoms with van der Waals surface area (Å²) in [7, 11) is 1.50. The largest absolute Gasteiger partial charge is 0.383 e. The Morgan fingerprint density at radius 1 is 1.43 bits per heavy atom. The number of urea groups is 1. The van der Waals surface area contributed by atoms with E-state index in [1.54, 1.807) is 0 Å². The molecule has 0 aromatic carbocycles. The lowest BCUT2D eigenvalue weighted by Crippen LogP contribution is -2.63. The fourth-order valence-electron chi connectivity index (χ4n) is 2.08. The maximum absolute atomic E-state index is 12.3. The molecule has 0 radical (unpaired) electrons. The van der Waals surface area contributed by atoms with Crippen LogP contribution in [-0.4, -0.2) is 55.0 Å². The molecule has 8 heteroatoms. The molecule has 2 unspecified atom stereocenters. The zero-order valence-electron chi connectivity index (χ0n) is 12.5. The third kappa shape index (κ3) is 4.01. The fourth-order valence-corrected chi connectivity index (χ4v) is 2.08. The summed E-state index contributed by atoms with van der Waals surface area (Å²) in [6, 6.07) is -1.84. The maximum atomic E-state index is 12.3. The summed E-state index contributed by atoms with van der Waals surface area (Å²) in [5, 5.41) is 4.68. The van der Waals surface area contributed by atoms with Gasteiger partial charge in [0.2, 0.25) is 17.7 Å². The fraction of sp³-hybridized carbons (Fsp3) is 0.692. The van der Waals surface area contributed by atoms with E-state index in [9.17, 15) is 19.2 Å². The van der Waals surface area contributed by atoms with E-state index in [0.29, 0.717) is 19.4 Å². The first kappa shape index (κ1) is 17.1. The Bertz CT molecular complexity index is 438. The van der Waals surface area contributed by atoms with Crippen molar-refractivity contribution >= 4 is 23.8 Å². The van der Waals surface area contributed by atoms with E-state index in [1.807, 2.05) is 6.92 Å². The van der Waals surface area contributed by atoms with Gasteiger partial charge in [-0.3, -0.25) is 24.6 Å². The molecule has 2 atom stereocenters. The Morgan fingerprint density at radius 3 is 2.67 bits per heavy atom. The minimum atomic E-state index is -0.984. The van der Waals surface area contributed by atoms with Crippen molar-refractivity contribution in [2.75, 3.05) is 20.3 Å². The number of carbonyl (C=O) groups excluding carboxylic acids is 4. The van der Waals surface area contributed by atoms with Crippen LogP contribution in [0, 0.1) is 5.92 Å². The molecule has 1 aliphatic rings. The Balaban J connectivity index is 2.78. The minimum absolute atomic E-state index is 0.278. The molecular weight excluding hydrogens is 278 g/mol. The highest BCUT2D eigenvalue weighted by Gasteiger charge is 2.43. The van der Waals surface area contributed by atoms with Crippen LogP contribution in [0.4, 0.5) is 4.79 Å². The molecule has 0 spiro atoms. The Hall–Kier alpha value is -1.96. The molecule has 8 nitrogen and oxygen atoms in total. The van der Waals surface area contributed by atoms with Gasteiger partial charge in [-0.15, -0.1) is 0 Å². The van der Waals surface area contributed by atoms with Gasteiger partial charge in [0.05, 0.1) is 6.61 Å². The van der Waals surface area contributed by atoms with E-state index in [-0.39, 0.29) is 6.54 Å². The molecule has 2 N–H and O–H groups in total. The first-order valence-electron chi connectivity index (χ1n) is 6.88. The van der Waals surface area contributed by atoms with Crippen LogP contribution in [0.1, 0.15) is 26.7 Å². The Kier molecular flexibility index (Phi) is 6.29. The van der Waals surface area contributed by atoms with Crippen LogP contribution < -0.4 is 10.6 Å². The summed E-state index contributed by atoms with van der Waals surface area (Å²) in [6.07, 6.45) is 0.965. The van der Waals surface area contributed by atoms with Crippen molar-refractivity contribution in [3.05, 3.63) is 0 Å². The highest BCUT2D eigenvalue weighted by molar-refractivity contribution is 6.17. The van der Waals surface area contributed by atoms with Gasteiger partial charge in [-0.25, -0.2) is 4.79 Å². The van der Waals surface area contributed by atoms with Gasteiger partial charge in [-0.05, 0) is 13.3 Å². The van der Waals surface area contributed by atoms with E-state index >= 15 is 0 Å². The topological polar surface area (TPSA) is 105 Å². The standard InChI is InChI=1S/C13H21N3O5/c1-4-5-9-11(18)15-13(20)16(12(9)19)8(2)10(17)14-6-7-21-3/h8-9H,4-7H2,1-3H3,(H,14,17)(H,15,18,20). The molecule has 5 amide bonds. The molecule has 1 heterocycles. The quantitative estimate of drug-likeness (QED) is 0.493. The second kappa shape index (κ2) is 7.72. The van der Waals surface area contributed by atoms with Crippen molar-refractivity contribution in [3.63, 3.8) is 0 Å². The van der Waals surface area contributed by atoms with Crippen molar-refractivity contribution in [1.82, 2.24) is 15.5 Å². The number of hydrogen-bond donors (Lipinski definition) is 2. The number of imide groups is 2. The van der Waals surface area contributed by atoms with Crippen LogP contribution in [-0.2, 0) is 19.1 Å². The first-order chi connectivity index (χ1) is 9.93. The summed E-state index contributed by atoms with van der Waals surface area (Å²) >= 11 is 0. The summed E-state index contributed by atoms with van der Waals surface area (Å²) in [5.41, 5.74) is 0. The molecule has 1 rings (SSSR count). The van der Waals surface area contributed by atoms with Gasteiger partial charge in [-0.1, -0.05) is 13.3 Å². The van der Waals surface area contributed by atoms with Crippen LogP contribution in [0.3, 0.4) is 0 Å². The third-order valence-corrected chi connectivity index (χ3v) is 3.25. The van der Waals surface area contributed by atoms with Gasteiger partial charge >= 0.3 is 6.03 Å². The number of methoxy groups -OCH3 is 1. The second-order valence-electron chi connectivity index (χ2n) is 4.80. The van der Waals surface area contributed by atoms with Gasteiger partial charge < -0.3 is 10.1 Å². The lowest BCUT2D eigenvalue weighted by molar-refractivity contribution is -0.147. The van der Waals surface area contributed by atoms with E-state index in [0.717, 1.165) is 4.90 Å². The monoisotopic (exact) mass is 299 g/mol. The number of carbonyl (C=O) groups is 4. The summed E-state index contributed by atoms with van der Waals surface area (Å²) in [4.78, 5) is 48.5. The number of barbiturate groups is 1. The molecule has 0 saturated carbocycles. The molecule has 1 saturated heterocycles.